The second kappa shape index (κ2) is 6.90. The number of aliphatic hydroxyl groups excluding tert-OH is 1. The molecule has 2 unspecified atom stereocenters. The van der Waals surface area contributed by atoms with Crippen LogP contribution < -0.4 is 5.32 Å². The molecule has 2 N–H and O–H groups in total. The molecule has 0 bridgehead atoms. The van der Waals surface area contributed by atoms with Gasteiger partial charge in [-0.05, 0) is 35.9 Å². The maximum absolute atomic E-state index is 11.4. The van der Waals surface area contributed by atoms with Gasteiger partial charge >= 0.3 is 0 Å². The Hall–Kier alpha value is -0.910. The molecule has 2 atom stereocenters. The molecule has 0 aromatic heterocycles. The Labute approximate surface area is 127 Å². The Bertz CT molecular complexity index is 551. The van der Waals surface area contributed by atoms with E-state index in [-0.39, 0.29) is 11.7 Å². The highest BCUT2D eigenvalue weighted by atomic mass is 32.2. The number of hydrogen-bond acceptors (Lipinski definition) is 4. The molecule has 1 fully saturated rings. The van der Waals surface area contributed by atoms with Crippen LogP contribution in [0.3, 0.4) is 0 Å². The second-order valence-corrected chi connectivity index (χ2v) is 8.49. The first kappa shape index (κ1) is 16.5. The summed E-state index contributed by atoms with van der Waals surface area (Å²) in [6.45, 7) is 5.39. The van der Waals surface area contributed by atoms with Crippen molar-refractivity contribution in [3.8, 4) is 0 Å². The van der Waals surface area contributed by atoms with Gasteiger partial charge in [-0.2, -0.15) is 0 Å². The molecule has 5 heteroatoms. The van der Waals surface area contributed by atoms with Gasteiger partial charge in [-0.1, -0.05) is 38.1 Å². The van der Waals surface area contributed by atoms with Crippen molar-refractivity contribution in [1.82, 2.24) is 5.32 Å². The zero-order valence-electron chi connectivity index (χ0n) is 12.7. The number of hydrogen-bond donors (Lipinski definition) is 2. The summed E-state index contributed by atoms with van der Waals surface area (Å²) in [6.07, 6.45) is 0.179. The van der Waals surface area contributed by atoms with Crippen LogP contribution in [0.2, 0.25) is 0 Å². The highest BCUT2D eigenvalue weighted by Crippen LogP contribution is 2.19. The van der Waals surface area contributed by atoms with Gasteiger partial charge in [0.1, 0.15) is 0 Å². The highest BCUT2D eigenvalue weighted by molar-refractivity contribution is 7.91. The van der Waals surface area contributed by atoms with Crippen LogP contribution in [0, 0.1) is 5.92 Å². The SMILES string of the molecule is CC(C)c1ccc(C(O)CNCC2CCS(=O)(=O)C2)cc1. The Morgan fingerprint density at radius 1 is 1.24 bits per heavy atom. The summed E-state index contributed by atoms with van der Waals surface area (Å²) < 4.78 is 22.7. The van der Waals surface area contributed by atoms with Crippen molar-refractivity contribution in [2.24, 2.45) is 5.92 Å². The van der Waals surface area contributed by atoms with E-state index >= 15 is 0 Å². The van der Waals surface area contributed by atoms with E-state index in [9.17, 15) is 13.5 Å². The van der Waals surface area contributed by atoms with Crippen LogP contribution in [0.25, 0.3) is 0 Å². The number of rotatable bonds is 6. The molecule has 1 aromatic carbocycles. The van der Waals surface area contributed by atoms with Gasteiger partial charge in [0, 0.05) is 6.54 Å². The Morgan fingerprint density at radius 2 is 1.86 bits per heavy atom. The van der Waals surface area contributed by atoms with Gasteiger partial charge in [-0.15, -0.1) is 0 Å². The van der Waals surface area contributed by atoms with E-state index in [4.69, 9.17) is 0 Å². The third-order valence-corrected chi connectivity index (χ3v) is 5.92. The van der Waals surface area contributed by atoms with Gasteiger partial charge in [0.05, 0.1) is 17.6 Å². The fourth-order valence-corrected chi connectivity index (χ4v) is 4.54. The monoisotopic (exact) mass is 311 g/mol. The third kappa shape index (κ3) is 4.80. The number of nitrogens with one attached hydrogen (secondary N) is 1. The molecule has 0 radical (unpaired) electrons. The molecular formula is C16H25NO3S. The first-order valence-electron chi connectivity index (χ1n) is 7.56. The average Bonchev–Trinajstić information content (AvgIpc) is 2.78. The number of benzene rings is 1. The van der Waals surface area contributed by atoms with Gasteiger partial charge in [-0.3, -0.25) is 0 Å². The van der Waals surface area contributed by atoms with Gasteiger partial charge in [0.15, 0.2) is 9.84 Å². The molecule has 118 valence electrons. The number of sulfone groups is 1. The lowest BCUT2D eigenvalue weighted by Gasteiger charge is -2.15. The molecule has 0 spiro atoms. The molecule has 1 saturated heterocycles. The van der Waals surface area contributed by atoms with Crippen molar-refractivity contribution in [2.45, 2.75) is 32.3 Å². The minimum Gasteiger partial charge on any atom is -0.387 e. The first-order chi connectivity index (χ1) is 9.87. The lowest BCUT2D eigenvalue weighted by Crippen LogP contribution is -2.28. The van der Waals surface area contributed by atoms with Crippen molar-refractivity contribution in [2.75, 3.05) is 24.6 Å². The molecule has 1 heterocycles. The molecule has 1 aromatic rings. The molecular weight excluding hydrogens is 286 g/mol. The highest BCUT2D eigenvalue weighted by Gasteiger charge is 2.27. The molecule has 0 saturated carbocycles. The van der Waals surface area contributed by atoms with E-state index in [0.717, 1.165) is 12.0 Å². The summed E-state index contributed by atoms with van der Waals surface area (Å²) in [4.78, 5) is 0. The van der Waals surface area contributed by atoms with E-state index in [0.29, 0.717) is 24.8 Å². The molecule has 1 aliphatic rings. The summed E-state index contributed by atoms with van der Waals surface area (Å²) >= 11 is 0. The summed E-state index contributed by atoms with van der Waals surface area (Å²) in [5.74, 6) is 1.25. The summed E-state index contributed by atoms with van der Waals surface area (Å²) in [5, 5.41) is 13.3. The Kier molecular flexibility index (Phi) is 5.41. The maximum Gasteiger partial charge on any atom is 0.150 e. The summed E-state index contributed by atoms with van der Waals surface area (Å²) in [5.41, 5.74) is 2.15. The van der Waals surface area contributed by atoms with Gasteiger partial charge in [0.2, 0.25) is 0 Å². The standard InChI is InChI=1S/C16H25NO3S/c1-12(2)14-3-5-15(6-4-14)16(18)10-17-9-13-7-8-21(19,20)11-13/h3-6,12-13,16-18H,7-11H2,1-2H3. The molecule has 0 amide bonds. The van der Waals surface area contributed by atoms with Crippen LogP contribution >= 0.6 is 0 Å². The molecule has 0 aliphatic carbocycles. The largest absolute Gasteiger partial charge is 0.387 e. The molecule has 4 nitrogen and oxygen atoms in total. The maximum atomic E-state index is 11.4. The van der Waals surface area contributed by atoms with Crippen LogP contribution in [0.4, 0.5) is 0 Å². The Balaban J connectivity index is 1.78. The zero-order valence-corrected chi connectivity index (χ0v) is 13.6. The van der Waals surface area contributed by atoms with Crippen molar-refractivity contribution in [1.29, 1.82) is 0 Å². The second-order valence-electron chi connectivity index (χ2n) is 6.26. The van der Waals surface area contributed by atoms with Crippen LogP contribution in [-0.2, 0) is 9.84 Å². The minimum absolute atomic E-state index is 0.186. The van der Waals surface area contributed by atoms with Crippen LogP contribution in [0.15, 0.2) is 24.3 Å². The fourth-order valence-electron chi connectivity index (χ4n) is 2.68. The lowest BCUT2D eigenvalue weighted by molar-refractivity contribution is 0.173. The molecule has 2 rings (SSSR count). The number of aliphatic hydroxyl groups is 1. The Morgan fingerprint density at radius 3 is 2.38 bits per heavy atom. The lowest BCUT2D eigenvalue weighted by atomic mass is 10.00. The van der Waals surface area contributed by atoms with Crippen molar-refractivity contribution in [3.05, 3.63) is 35.4 Å². The normalized spacial score (nSPS) is 22.6. The van der Waals surface area contributed by atoms with Crippen LogP contribution in [-0.4, -0.2) is 38.1 Å². The smallest absolute Gasteiger partial charge is 0.150 e. The van der Waals surface area contributed by atoms with Crippen molar-refractivity contribution in [3.63, 3.8) is 0 Å². The van der Waals surface area contributed by atoms with E-state index in [2.05, 4.69) is 19.2 Å². The van der Waals surface area contributed by atoms with Gasteiger partial charge in [0.25, 0.3) is 0 Å². The summed E-state index contributed by atoms with van der Waals surface area (Å²) in [6, 6.07) is 8.02. The predicted octanol–water partition coefficient (Wildman–Crippen LogP) is 1.87. The van der Waals surface area contributed by atoms with E-state index in [1.165, 1.54) is 5.56 Å². The van der Waals surface area contributed by atoms with Crippen LogP contribution in [0.5, 0.6) is 0 Å². The third-order valence-electron chi connectivity index (χ3n) is 4.09. The van der Waals surface area contributed by atoms with Crippen molar-refractivity contribution >= 4 is 9.84 Å². The fraction of sp³-hybridized carbons (Fsp3) is 0.625. The molecule has 21 heavy (non-hydrogen) atoms. The average molecular weight is 311 g/mol. The minimum atomic E-state index is -2.81. The zero-order chi connectivity index (χ0) is 15.5. The van der Waals surface area contributed by atoms with E-state index in [1.807, 2.05) is 24.3 Å². The quantitative estimate of drug-likeness (QED) is 0.842. The van der Waals surface area contributed by atoms with E-state index in [1.54, 1.807) is 0 Å². The predicted molar refractivity (Wildman–Crippen MR) is 85.1 cm³/mol. The van der Waals surface area contributed by atoms with Gasteiger partial charge in [-0.25, -0.2) is 8.42 Å². The van der Waals surface area contributed by atoms with Crippen molar-refractivity contribution < 1.29 is 13.5 Å². The van der Waals surface area contributed by atoms with Crippen LogP contribution in [0.1, 0.15) is 43.4 Å². The topological polar surface area (TPSA) is 66.4 Å². The first-order valence-corrected chi connectivity index (χ1v) is 9.38. The summed E-state index contributed by atoms with van der Waals surface area (Å²) in [7, 11) is -2.81. The molecule has 1 aliphatic heterocycles. The van der Waals surface area contributed by atoms with E-state index < -0.39 is 15.9 Å². The van der Waals surface area contributed by atoms with Gasteiger partial charge < -0.3 is 10.4 Å².